The van der Waals surface area contributed by atoms with Crippen LogP contribution in [-0.2, 0) is 0 Å². The average molecular weight is 207 g/mol. The molecule has 0 spiro atoms. The highest BCUT2D eigenvalue weighted by Crippen LogP contribution is 2.23. The molecule has 1 amide bonds. The molecule has 3 heteroatoms. The highest BCUT2D eigenvalue weighted by atomic mass is 16.5. The Balaban J connectivity index is 3.22. The Bertz CT molecular complexity index is 359. The summed E-state index contributed by atoms with van der Waals surface area (Å²) in [4.78, 5) is 11.6. The molecule has 0 aliphatic carbocycles. The van der Waals surface area contributed by atoms with Crippen LogP contribution in [0.15, 0.2) is 18.2 Å². The zero-order chi connectivity index (χ0) is 11.4. The molecule has 82 valence electrons. The van der Waals surface area contributed by atoms with E-state index in [-0.39, 0.29) is 5.91 Å². The first-order valence-electron chi connectivity index (χ1n) is 5.00. The predicted octanol–water partition coefficient (Wildman–Crippen LogP) is 2.18. The number of hydrogen-bond acceptors (Lipinski definition) is 2. The van der Waals surface area contributed by atoms with Gasteiger partial charge in [0.15, 0.2) is 0 Å². The molecule has 1 N–H and O–H groups in total. The van der Waals surface area contributed by atoms with E-state index in [0.29, 0.717) is 17.2 Å². The Morgan fingerprint density at radius 3 is 2.53 bits per heavy atom. The SMILES string of the molecule is CNC(=O)c1cc(OC)ccc1C(C)C. The van der Waals surface area contributed by atoms with Crippen LogP contribution in [0, 0.1) is 0 Å². The molecule has 1 aromatic carbocycles. The number of benzene rings is 1. The van der Waals surface area contributed by atoms with Crippen LogP contribution in [0.2, 0.25) is 0 Å². The first-order chi connectivity index (χ1) is 7.10. The molecular formula is C12H17NO2. The highest BCUT2D eigenvalue weighted by molar-refractivity contribution is 5.96. The van der Waals surface area contributed by atoms with E-state index in [2.05, 4.69) is 19.2 Å². The van der Waals surface area contributed by atoms with Gasteiger partial charge in [0.1, 0.15) is 5.75 Å². The summed E-state index contributed by atoms with van der Waals surface area (Å²) in [6, 6.07) is 5.59. The number of hydrogen-bond donors (Lipinski definition) is 1. The number of methoxy groups -OCH3 is 1. The summed E-state index contributed by atoms with van der Waals surface area (Å²) >= 11 is 0. The second-order valence-corrected chi connectivity index (χ2v) is 3.69. The van der Waals surface area contributed by atoms with Crippen LogP contribution in [-0.4, -0.2) is 20.1 Å². The number of nitrogens with one attached hydrogen (secondary N) is 1. The van der Waals surface area contributed by atoms with Gasteiger partial charge in [-0.15, -0.1) is 0 Å². The molecule has 0 aliphatic rings. The fraction of sp³-hybridized carbons (Fsp3) is 0.417. The van der Waals surface area contributed by atoms with Crippen molar-refractivity contribution in [2.24, 2.45) is 0 Å². The quantitative estimate of drug-likeness (QED) is 0.825. The fourth-order valence-corrected chi connectivity index (χ4v) is 1.50. The van der Waals surface area contributed by atoms with Crippen LogP contribution in [0.5, 0.6) is 5.75 Å². The molecule has 0 saturated heterocycles. The molecule has 0 aliphatic heterocycles. The molecule has 0 saturated carbocycles. The molecule has 0 bridgehead atoms. The summed E-state index contributed by atoms with van der Waals surface area (Å²) < 4.78 is 5.10. The van der Waals surface area contributed by atoms with Gasteiger partial charge >= 0.3 is 0 Å². The standard InChI is InChI=1S/C12H17NO2/c1-8(2)10-6-5-9(15-4)7-11(10)12(14)13-3/h5-8H,1-4H3,(H,13,14). The molecule has 1 rings (SSSR count). The predicted molar refractivity (Wildman–Crippen MR) is 60.5 cm³/mol. The van der Waals surface area contributed by atoms with Crippen molar-refractivity contribution in [1.29, 1.82) is 0 Å². The molecular weight excluding hydrogens is 190 g/mol. The van der Waals surface area contributed by atoms with E-state index < -0.39 is 0 Å². The van der Waals surface area contributed by atoms with Crippen LogP contribution in [0.3, 0.4) is 0 Å². The van der Waals surface area contributed by atoms with Gasteiger partial charge in [0, 0.05) is 12.6 Å². The summed E-state index contributed by atoms with van der Waals surface area (Å²) in [5.74, 6) is 0.957. The minimum atomic E-state index is -0.0717. The van der Waals surface area contributed by atoms with Crippen LogP contribution in [0.25, 0.3) is 0 Å². The van der Waals surface area contributed by atoms with Crippen LogP contribution >= 0.6 is 0 Å². The van der Waals surface area contributed by atoms with Gasteiger partial charge < -0.3 is 10.1 Å². The monoisotopic (exact) mass is 207 g/mol. The highest BCUT2D eigenvalue weighted by Gasteiger charge is 2.13. The summed E-state index contributed by atoms with van der Waals surface area (Å²) in [5.41, 5.74) is 1.72. The van der Waals surface area contributed by atoms with Crippen molar-refractivity contribution in [2.75, 3.05) is 14.2 Å². The summed E-state index contributed by atoms with van der Waals surface area (Å²) in [6.07, 6.45) is 0. The largest absolute Gasteiger partial charge is 0.497 e. The van der Waals surface area contributed by atoms with E-state index in [0.717, 1.165) is 5.56 Å². The minimum absolute atomic E-state index is 0.0717. The summed E-state index contributed by atoms with van der Waals surface area (Å²) in [7, 11) is 3.23. The van der Waals surface area contributed by atoms with E-state index in [1.54, 1.807) is 20.2 Å². The number of ether oxygens (including phenoxy) is 1. The molecule has 0 atom stereocenters. The molecule has 0 heterocycles. The van der Waals surface area contributed by atoms with Gasteiger partial charge in [-0.05, 0) is 23.6 Å². The Labute approximate surface area is 90.4 Å². The fourth-order valence-electron chi connectivity index (χ4n) is 1.50. The lowest BCUT2D eigenvalue weighted by atomic mass is 9.96. The zero-order valence-corrected chi connectivity index (χ0v) is 9.63. The van der Waals surface area contributed by atoms with Crippen LogP contribution in [0.4, 0.5) is 0 Å². The normalized spacial score (nSPS) is 10.2. The maximum absolute atomic E-state index is 11.6. The van der Waals surface area contributed by atoms with E-state index in [1.807, 2.05) is 12.1 Å². The van der Waals surface area contributed by atoms with Gasteiger partial charge in [0.05, 0.1) is 7.11 Å². The molecule has 3 nitrogen and oxygen atoms in total. The number of rotatable bonds is 3. The Morgan fingerprint density at radius 1 is 1.40 bits per heavy atom. The Morgan fingerprint density at radius 2 is 2.07 bits per heavy atom. The van der Waals surface area contributed by atoms with E-state index in [1.165, 1.54) is 0 Å². The molecule has 1 aromatic rings. The third-order valence-corrected chi connectivity index (χ3v) is 2.35. The van der Waals surface area contributed by atoms with Crippen molar-refractivity contribution in [3.63, 3.8) is 0 Å². The molecule has 15 heavy (non-hydrogen) atoms. The van der Waals surface area contributed by atoms with Crippen molar-refractivity contribution in [3.05, 3.63) is 29.3 Å². The second kappa shape index (κ2) is 4.82. The number of carbonyl (C=O) groups is 1. The summed E-state index contributed by atoms with van der Waals surface area (Å²) in [6.45, 7) is 4.13. The smallest absolute Gasteiger partial charge is 0.251 e. The van der Waals surface area contributed by atoms with E-state index in [9.17, 15) is 4.79 Å². The van der Waals surface area contributed by atoms with Crippen LogP contribution < -0.4 is 10.1 Å². The maximum Gasteiger partial charge on any atom is 0.251 e. The van der Waals surface area contributed by atoms with E-state index >= 15 is 0 Å². The van der Waals surface area contributed by atoms with Crippen molar-refractivity contribution in [1.82, 2.24) is 5.32 Å². The van der Waals surface area contributed by atoms with Crippen LogP contribution in [0.1, 0.15) is 35.7 Å². The topological polar surface area (TPSA) is 38.3 Å². The Kier molecular flexibility index (Phi) is 3.72. The zero-order valence-electron chi connectivity index (χ0n) is 9.63. The Hall–Kier alpha value is -1.51. The number of amides is 1. The lowest BCUT2D eigenvalue weighted by Crippen LogP contribution is -2.20. The van der Waals surface area contributed by atoms with E-state index in [4.69, 9.17) is 4.74 Å². The van der Waals surface area contributed by atoms with Gasteiger partial charge in [-0.2, -0.15) is 0 Å². The minimum Gasteiger partial charge on any atom is -0.497 e. The lowest BCUT2D eigenvalue weighted by molar-refractivity contribution is 0.0961. The third-order valence-electron chi connectivity index (χ3n) is 2.35. The number of carbonyl (C=O) groups excluding carboxylic acids is 1. The van der Waals surface area contributed by atoms with Gasteiger partial charge in [0.25, 0.3) is 5.91 Å². The molecule has 0 unspecified atom stereocenters. The van der Waals surface area contributed by atoms with Gasteiger partial charge in [-0.3, -0.25) is 4.79 Å². The average Bonchev–Trinajstić information content (AvgIpc) is 2.26. The first kappa shape index (κ1) is 11.6. The van der Waals surface area contributed by atoms with Gasteiger partial charge in [-0.25, -0.2) is 0 Å². The molecule has 0 fully saturated rings. The lowest BCUT2D eigenvalue weighted by Gasteiger charge is -2.12. The van der Waals surface area contributed by atoms with Crippen molar-refractivity contribution < 1.29 is 9.53 Å². The van der Waals surface area contributed by atoms with Gasteiger partial charge in [-0.1, -0.05) is 19.9 Å². The third kappa shape index (κ3) is 2.49. The van der Waals surface area contributed by atoms with Gasteiger partial charge in [0.2, 0.25) is 0 Å². The summed E-state index contributed by atoms with van der Waals surface area (Å²) in [5, 5.41) is 2.63. The molecule has 0 aromatic heterocycles. The first-order valence-corrected chi connectivity index (χ1v) is 5.00. The van der Waals surface area contributed by atoms with Crippen molar-refractivity contribution in [2.45, 2.75) is 19.8 Å². The maximum atomic E-state index is 11.6. The second-order valence-electron chi connectivity index (χ2n) is 3.69. The van der Waals surface area contributed by atoms with Crippen molar-refractivity contribution in [3.8, 4) is 5.75 Å². The molecule has 0 radical (unpaired) electrons. The van der Waals surface area contributed by atoms with Crippen molar-refractivity contribution >= 4 is 5.91 Å².